The van der Waals surface area contributed by atoms with Gasteiger partial charge in [-0.15, -0.1) is 0 Å². The number of hydrogen-bond acceptors (Lipinski definition) is 5. The lowest BCUT2D eigenvalue weighted by molar-refractivity contribution is 0.0654. The summed E-state index contributed by atoms with van der Waals surface area (Å²) in [6, 6.07) is 11.9. The van der Waals surface area contributed by atoms with Crippen LogP contribution in [-0.2, 0) is 10.0 Å². The molecule has 0 spiro atoms. The third kappa shape index (κ3) is 2.93. The maximum Gasteiger partial charge on any atom is 0.263 e. The Balaban J connectivity index is 2.02. The number of imide groups is 1. The van der Waals surface area contributed by atoms with Crippen molar-refractivity contribution in [3.05, 3.63) is 59.2 Å². The van der Waals surface area contributed by atoms with Crippen molar-refractivity contribution < 1.29 is 18.0 Å². The molecular weight excluding hydrogens is 354 g/mol. The maximum atomic E-state index is 12.6. The van der Waals surface area contributed by atoms with Gasteiger partial charge in [0, 0.05) is 6.54 Å². The molecule has 26 heavy (non-hydrogen) atoms. The molecule has 2 aromatic carbocycles. The minimum Gasteiger partial charge on any atom is -0.279 e. The van der Waals surface area contributed by atoms with Gasteiger partial charge < -0.3 is 0 Å². The van der Waals surface area contributed by atoms with E-state index >= 15 is 0 Å². The minimum absolute atomic E-state index is 0.0433. The van der Waals surface area contributed by atoms with Gasteiger partial charge in [-0.2, -0.15) is 5.26 Å². The van der Waals surface area contributed by atoms with Crippen molar-refractivity contribution in [2.75, 3.05) is 11.3 Å². The average Bonchev–Trinajstić information content (AvgIpc) is 2.88. The van der Waals surface area contributed by atoms with E-state index in [1.807, 2.05) is 13.0 Å². The second-order valence-corrected chi connectivity index (χ2v) is 7.42. The molecule has 1 N–H and O–H groups in total. The number of carbonyl (C=O) groups is 2. The largest absolute Gasteiger partial charge is 0.279 e. The van der Waals surface area contributed by atoms with E-state index in [2.05, 4.69) is 4.72 Å². The highest BCUT2D eigenvalue weighted by Crippen LogP contribution is 2.31. The minimum atomic E-state index is -4.02. The van der Waals surface area contributed by atoms with E-state index in [1.54, 1.807) is 0 Å². The van der Waals surface area contributed by atoms with Crippen LogP contribution in [0.25, 0.3) is 0 Å². The van der Waals surface area contributed by atoms with Crippen LogP contribution in [0.3, 0.4) is 0 Å². The fourth-order valence-electron chi connectivity index (χ4n) is 2.78. The van der Waals surface area contributed by atoms with Gasteiger partial charge in [-0.05, 0) is 36.8 Å². The molecule has 8 heteroatoms. The highest BCUT2D eigenvalue weighted by molar-refractivity contribution is 7.92. The molecule has 1 heterocycles. The lowest BCUT2D eigenvalue weighted by atomic mass is 10.1. The van der Waals surface area contributed by atoms with Crippen LogP contribution in [0.5, 0.6) is 0 Å². The van der Waals surface area contributed by atoms with E-state index in [-0.39, 0.29) is 33.8 Å². The Bertz CT molecular complexity index is 1050. The molecule has 0 aromatic heterocycles. The Labute approximate surface area is 150 Å². The van der Waals surface area contributed by atoms with Gasteiger partial charge >= 0.3 is 0 Å². The first-order valence-electron chi connectivity index (χ1n) is 7.91. The third-order valence-electron chi connectivity index (χ3n) is 3.96. The van der Waals surface area contributed by atoms with Gasteiger partial charge in [-0.25, -0.2) is 8.42 Å². The first kappa shape index (κ1) is 17.6. The number of fused-ring (bicyclic) bond motifs is 1. The molecule has 2 aromatic rings. The normalized spacial score (nSPS) is 13.5. The molecule has 132 valence electrons. The van der Waals surface area contributed by atoms with Gasteiger partial charge in [0.2, 0.25) is 0 Å². The van der Waals surface area contributed by atoms with E-state index in [0.717, 1.165) is 4.90 Å². The van der Waals surface area contributed by atoms with Crippen LogP contribution in [0, 0.1) is 11.3 Å². The van der Waals surface area contributed by atoms with E-state index in [1.165, 1.54) is 42.5 Å². The first-order valence-corrected chi connectivity index (χ1v) is 9.39. The molecule has 3 rings (SSSR count). The van der Waals surface area contributed by atoms with Gasteiger partial charge in [0.25, 0.3) is 21.8 Å². The summed E-state index contributed by atoms with van der Waals surface area (Å²) in [7, 11) is -4.02. The number of rotatable bonds is 5. The van der Waals surface area contributed by atoms with E-state index in [9.17, 15) is 18.0 Å². The van der Waals surface area contributed by atoms with Gasteiger partial charge in [-0.3, -0.25) is 19.2 Å². The maximum absolute atomic E-state index is 12.6. The number of hydrogen-bond donors (Lipinski definition) is 1. The Kier molecular flexibility index (Phi) is 4.49. The second-order valence-electron chi connectivity index (χ2n) is 5.74. The quantitative estimate of drug-likeness (QED) is 0.814. The third-order valence-corrected chi connectivity index (χ3v) is 5.33. The summed E-state index contributed by atoms with van der Waals surface area (Å²) in [5.74, 6) is -0.949. The van der Waals surface area contributed by atoms with Gasteiger partial charge in [0.15, 0.2) is 0 Å². The molecule has 0 fully saturated rings. The molecule has 0 unspecified atom stereocenters. The molecule has 0 bridgehead atoms. The lowest BCUT2D eigenvalue weighted by Gasteiger charge is -2.13. The van der Waals surface area contributed by atoms with Crippen molar-refractivity contribution in [3.63, 3.8) is 0 Å². The molecule has 0 radical (unpaired) electrons. The monoisotopic (exact) mass is 369 g/mol. The molecule has 7 nitrogen and oxygen atoms in total. The number of sulfonamides is 1. The van der Waals surface area contributed by atoms with Gasteiger partial charge in [-0.1, -0.05) is 19.1 Å². The predicted octanol–water partition coefficient (Wildman–Crippen LogP) is 2.37. The fraction of sp³-hybridized carbons (Fsp3) is 0.167. The number of anilines is 1. The zero-order chi connectivity index (χ0) is 18.9. The van der Waals surface area contributed by atoms with Crippen LogP contribution in [0.4, 0.5) is 5.69 Å². The number of nitrogens with one attached hydrogen (secondary N) is 1. The molecule has 0 aliphatic carbocycles. The topological polar surface area (TPSA) is 107 Å². The van der Waals surface area contributed by atoms with Crippen molar-refractivity contribution in [2.24, 2.45) is 0 Å². The smallest absolute Gasteiger partial charge is 0.263 e. The van der Waals surface area contributed by atoms with Crippen molar-refractivity contribution in [1.29, 1.82) is 5.26 Å². The van der Waals surface area contributed by atoms with Crippen LogP contribution in [0.15, 0.2) is 47.4 Å². The number of carbonyl (C=O) groups excluding carboxylic acids is 2. The van der Waals surface area contributed by atoms with Crippen molar-refractivity contribution >= 4 is 27.5 Å². The molecule has 0 saturated carbocycles. The van der Waals surface area contributed by atoms with Crippen molar-refractivity contribution in [1.82, 2.24) is 4.90 Å². The molecule has 0 atom stereocenters. The van der Waals surface area contributed by atoms with E-state index in [4.69, 9.17) is 5.26 Å². The number of amides is 2. The first-order chi connectivity index (χ1) is 12.4. The van der Waals surface area contributed by atoms with Gasteiger partial charge in [0.05, 0.1) is 33.3 Å². The summed E-state index contributed by atoms with van der Waals surface area (Å²) in [5.41, 5.74) is 0.466. The standard InChI is InChI=1S/C18H15N3O4S/c1-2-9-21-17(22)14-7-4-8-15(16(14)18(21)23)20-26(24,25)13-6-3-5-12(10-13)11-19/h3-8,10,20H,2,9H2,1H3. The summed E-state index contributed by atoms with van der Waals surface area (Å²) in [6.45, 7) is 2.11. The zero-order valence-corrected chi connectivity index (χ0v) is 14.7. The summed E-state index contributed by atoms with van der Waals surface area (Å²) in [5, 5.41) is 8.94. The molecule has 0 saturated heterocycles. The van der Waals surface area contributed by atoms with Crippen LogP contribution < -0.4 is 4.72 Å². The summed E-state index contributed by atoms with van der Waals surface area (Å²) >= 11 is 0. The predicted molar refractivity (Wildman–Crippen MR) is 94.1 cm³/mol. The van der Waals surface area contributed by atoms with Crippen molar-refractivity contribution in [3.8, 4) is 6.07 Å². The second kappa shape index (κ2) is 6.61. The Morgan fingerprint density at radius 3 is 2.54 bits per heavy atom. The summed E-state index contributed by atoms with van der Waals surface area (Å²) in [6.07, 6.45) is 0.605. The fourth-order valence-corrected chi connectivity index (χ4v) is 3.90. The van der Waals surface area contributed by atoms with Crippen LogP contribution >= 0.6 is 0 Å². The highest BCUT2D eigenvalue weighted by Gasteiger charge is 2.37. The number of benzene rings is 2. The van der Waals surface area contributed by atoms with E-state index < -0.39 is 21.8 Å². The van der Waals surface area contributed by atoms with E-state index in [0.29, 0.717) is 6.42 Å². The Morgan fingerprint density at radius 1 is 1.12 bits per heavy atom. The zero-order valence-electron chi connectivity index (χ0n) is 13.9. The summed E-state index contributed by atoms with van der Waals surface area (Å²) < 4.78 is 27.6. The molecular formula is C18H15N3O4S. The summed E-state index contributed by atoms with van der Waals surface area (Å²) in [4.78, 5) is 25.9. The SMILES string of the molecule is CCCN1C(=O)c2cccc(NS(=O)(=O)c3cccc(C#N)c3)c2C1=O. The molecule has 2 amide bonds. The average molecular weight is 369 g/mol. The molecule has 1 aliphatic heterocycles. The highest BCUT2D eigenvalue weighted by atomic mass is 32.2. The van der Waals surface area contributed by atoms with Crippen LogP contribution in [-0.4, -0.2) is 31.7 Å². The lowest BCUT2D eigenvalue weighted by Crippen LogP contribution is -2.30. The van der Waals surface area contributed by atoms with Gasteiger partial charge in [0.1, 0.15) is 0 Å². The number of nitriles is 1. The Morgan fingerprint density at radius 2 is 1.85 bits per heavy atom. The van der Waals surface area contributed by atoms with Crippen molar-refractivity contribution in [2.45, 2.75) is 18.2 Å². The molecule has 1 aliphatic rings. The van der Waals surface area contributed by atoms with Crippen LogP contribution in [0.2, 0.25) is 0 Å². The van der Waals surface area contributed by atoms with Crippen LogP contribution in [0.1, 0.15) is 39.6 Å². The number of nitrogens with zero attached hydrogens (tertiary/aromatic N) is 2. The Hall–Kier alpha value is -3.18.